The number of aliphatic hydroxyl groups excluding tert-OH is 1. The zero-order valence-corrected chi connectivity index (χ0v) is 45.0. The Kier molecular flexibility index (Phi) is 13.5. The molecule has 1 amide bonds. The molecule has 12 heteroatoms. The van der Waals surface area contributed by atoms with Gasteiger partial charge < -0.3 is 35.6 Å². The molecule has 8 bridgehead atoms. The summed E-state index contributed by atoms with van der Waals surface area (Å²) in [5, 5.41) is 28.8. The van der Waals surface area contributed by atoms with E-state index in [4.69, 9.17) is 20.2 Å². The number of aromatic hydroxyl groups is 1. The van der Waals surface area contributed by atoms with Crippen molar-refractivity contribution in [1.29, 1.82) is 0 Å². The average molecular weight is 1020 g/mol. The van der Waals surface area contributed by atoms with E-state index < -0.39 is 11.7 Å². The van der Waals surface area contributed by atoms with Crippen molar-refractivity contribution in [3.63, 3.8) is 0 Å². The summed E-state index contributed by atoms with van der Waals surface area (Å²) in [6, 6.07) is 13.0. The molecule has 14 rings (SSSR count). The molecule has 5 aliphatic heterocycles. The number of nitrogens with one attached hydrogen (secondary N) is 1. The highest BCUT2D eigenvalue weighted by molar-refractivity contribution is 8.77. The van der Waals surface area contributed by atoms with Crippen molar-refractivity contribution in [3.8, 4) is 11.5 Å². The first kappa shape index (κ1) is 49.8. The summed E-state index contributed by atoms with van der Waals surface area (Å²) in [6.45, 7) is 3.00. The smallest absolute Gasteiger partial charge is 0.303 e. The average Bonchev–Trinajstić information content (AvgIpc) is 4.23. The minimum atomic E-state index is -0.773. The van der Waals surface area contributed by atoms with E-state index in [9.17, 15) is 19.8 Å². The molecule has 8 fully saturated rings. The predicted octanol–water partition coefficient (Wildman–Crippen LogP) is 12.4. The van der Waals surface area contributed by atoms with E-state index in [-0.39, 0.29) is 62.6 Å². The fourth-order valence-electron chi connectivity index (χ4n) is 18.3. The summed E-state index contributed by atoms with van der Waals surface area (Å²) in [4.78, 5) is 35.1. The van der Waals surface area contributed by atoms with Crippen molar-refractivity contribution in [1.82, 2.24) is 10.2 Å². The highest BCUT2D eigenvalue weighted by Crippen LogP contribution is 2.65. The number of aliphatic hydroxyl groups is 1. The normalized spacial score (nSPS) is 38.6. The van der Waals surface area contributed by atoms with Crippen LogP contribution < -0.4 is 15.8 Å². The van der Waals surface area contributed by atoms with Crippen LogP contribution in [0.2, 0.25) is 0 Å². The summed E-state index contributed by atoms with van der Waals surface area (Å²) in [5.41, 5.74) is 10.6. The Labute approximate surface area is 437 Å². The Morgan fingerprint density at radius 1 is 0.861 bits per heavy atom. The van der Waals surface area contributed by atoms with Crippen molar-refractivity contribution < 1.29 is 29.3 Å². The highest BCUT2D eigenvalue weighted by Gasteiger charge is 2.59. The van der Waals surface area contributed by atoms with E-state index in [1.54, 1.807) is 0 Å². The molecule has 7 saturated carbocycles. The van der Waals surface area contributed by atoms with Gasteiger partial charge in [0, 0.05) is 67.1 Å². The van der Waals surface area contributed by atoms with Crippen molar-refractivity contribution >= 4 is 39.4 Å². The van der Waals surface area contributed by atoms with Gasteiger partial charge in [-0.1, -0.05) is 84.0 Å². The number of hydrogen-bond donors (Lipinski definition) is 4. The largest absolute Gasteiger partial charge is 0.504 e. The lowest BCUT2D eigenvalue weighted by atomic mass is 9.68. The number of benzene rings is 2. The van der Waals surface area contributed by atoms with Crippen LogP contribution in [-0.2, 0) is 27.3 Å². The predicted molar refractivity (Wildman–Crippen MR) is 288 cm³/mol. The van der Waals surface area contributed by atoms with Crippen LogP contribution in [0.4, 0.5) is 0 Å². The van der Waals surface area contributed by atoms with Crippen molar-refractivity contribution in [2.75, 3.05) is 18.8 Å². The van der Waals surface area contributed by atoms with Crippen LogP contribution in [0.3, 0.4) is 0 Å². The van der Waals surface area contributed by atoms with Crippen LogP contribution in [0.1, 0.15) is 214 Å². The number of phenolic OH excluding ortho intramolecular Hbond substituents is 1. The number of hydrogen-bond acceptors (Lipinski definition) is 11. The zero-order chi connectivity index (χ0) is 49.4. The number of aryl methyl sites for hydroxylation is 1. The van der Waals surface area contributed by atoms with Gasteiger partial charge in [0.2, 0.25) is 5.91 Å². The fraction of sp³-hybridized carbons (Fsp3) is 0.750. The molecule has 0 unspecified atom stereocenters. The number of carbonyl (C=O) groups excluding carboxylic acids is 2. The molecule has 5 N–H and O–H groups in total. The van der Waals surface area contributed by atoms with Gasteiger partial charge in [0.05, 0.1) is 6.10 Å². The van der Waals surface area contributed by atoms with E-state index in [0.29, 0.717) is 68.4 Å². The second-order valence-corrected chi connectivity index (χ2v) is 28.3. The number of esters is 1. The van der Waals surface area contributed by atoms with Crippen molar-refractivity contribution in [3.05, 3.63) is 58.7 Å². The second-order valence-electron chi connectivity index (χ2n) is 25.7. The summed E-state index contributed by atoms with van der Waals surface area (Å²) in [6.07, 6.45) is 28.6. The van der Waals surface area contributed by atoms with Crippen LogP contribution in [0.25, 0.3) is 0 Å². The van der Waals surface area contributed by atoms with E-state index in [1.165, 1.54) is 83.1 Å². The quantitative estimate of drug-likeness (QED) is 0.169. The minimum Gasteiger partial charge on any atom is -0.504 e. The van der Waals surface area contributed by atoms with Crippen LogP contribution >= 0.6 is 21.6 Å². The SMILES string of the molecule is CC(=O)O[C@@]12CCc3cc(c(O)c4c3[C@H]3CC[C@@]5(CCC[C@@H]5C3)O4)CN3C[C@]4(CC3=O)[C@@H](CC[C@H]4c3ccccc3)CN=C(N)N[C@@]3(CCCC34CCCC4)SSCC3(CCCC3)CCC[C@H](CC1)[C@H](O)C2. The second kappa shape index (κ2) is 19.5. The molecule has 0 radical (unpaired) electrons. The minimum absolute atomic E-state index is 0.127. The molecular weight excluding hydrogens is 937 g/mol. The standard InChI is InChI=1S/C60H84N4O6S2/c1-40(65)69-57-29-18-42(49(66)34-57)14-9-23-55(21-5-6-22-55)39-71-72-60(28-11-26-56(60)24-7-8-25-56)63-54(61)62-36-47-16-17-48(41-12-3-2-4-13-41)58(47)35-50(67)64(38-58)37-45-32-43(19-30-57)51-44-20-31-59(70-53(51)52(45)68)27-10-15-46(59)33-44/h2-4,12-13,32,42,44,46-49,66,68H,5-11,14-31,33-39H2,1H3,(H3,61,62,63)/t42-,44+,46-,47+,48+,49-,57-,58-,59-,60+/m1/s1. The third-order valence-corrected chi connectivity index (χ3v) is 25.4. The van der Waals surface area contributed by atoms with E-state index in [0.717, 1.165) is 106 Å². The van der Waals surface area contributed by atoms with Gasteiger partial charge in [0.25, 0.3) is 0 Å². The summed E-state index contributed by atoms with van der Waals surface area (Å²) < 4.78 is 13.7. The van der Waals surface area contributed by atoms with Gasteiger partial charge in [-0.3, -0.25) is 14.6 Å². The van der Waals surface area contributed by atoms with Gasteiger partial charge >= 0.3 is 5.97 Å². The van der Waals surface area contributed by atoms with Crippen LogP contribution in [0.15, 0.2) is 41.4 Å². The molecule has 1 saturated heterocycles. The Bertz CT molecular complexity index is 2380. The lowest BCUT2D eigenvalue weighted by molar-refractivity contribution is -0.169. The van der Waals surface area contributed by atoms with Crippen LogP contribution in [0.5, 0.6) is 11.5 Å². The third kappa shape index (κ3) is 8.78. The first-order chi connectivity index (χ1) is 34.9. The van der Waals surface area contributed by atoms with Crippen molar-refractivity contribution in [2.45, 2.75) is 227 Å². The maximum atomic E-state index is 14.9. The number of ether oxygens (including phenoxy) is 2. The zero-order valence-electron chi connectivity index (χ0n) is 43.4. The number of aliphatic imine (C=N–C) groups is 1. The lowest BCUT2D eigenvalue weighted by Gasteiger charge is -2.44. The number of fused-ring (bicyclic) bond motifs is 10. The molecule has 7 aliphatic carbocycles. The Balaban J connectivity index is 0.919. The topological polar surface area (TPSA) is 147 Å². The molecule has 12 aliphatic rings. The number of guanidine groups is 1. The number of carbonyl (C=O) groups is 2. The summed E-state index contributed by atoms with van der Waals surface area (Å²) >= 11 is 0. The van der Waals surface area contributed by atoms with Crippen LogP contribution in [0, 0.1) is 34.0 Å². The van der Waals surface area contributed by atoms with Gasteiger partial charge in [-0.15, -0.1) is 0 Å². The van der Waals surface area contributed by atoms with Crippen molar-refractivity contribution in [2.24, 2.45) is 44.7 Å². The molecule has 10 nitrogen and oxygen atoms in total. The molecule has 5 spiro atoms. The monoisotopic (exact) mass is 1020 g/mol. The van der Waals surface area contributed by atoms with Gasteiger partial charge in [0.15, 0.2) is 17.5 Å². The number of rotatable bonds is 2. The maximum absolute atomic E-state index is 14.9. The van der Waals surface area contributed by atoms with Gasteiger partial charge in [-0.05, 0) is 187 Å². The first-order valence-corrected chi connectivity index (χ1v) is 31.3. The molecule has 72 heavy (non-hydrogen) atoms. The number of nitrogens with two attached hydrogens (primary N) is 1. The third-order valence-electron chi connectivity index (χ3n) is 22.0. The fourth-order valence-corrected chi connectivity index (χ4v) is 22.5. The number of nitrogens with zero attached hydrogens (tertiary/aromatic N) is 2. The maximum Gasteiger partial charge on any atom is 0.303 e. The molecule has 5 heterocycles. The van der Waals surface area contributed by atoms with Gasteiger partial charge in [-0.25, -0.2) is 0 Å². The van der Waals surface area contributed by atoms with Crippen LogP contribution in [-0.4, -0.2) is 74.0 Å². The Hall–Kier alpha value is -3.09. The Morgan fingerprint density at radius 2 is 1.64 bits per heavy atom. The molecule has 2 aromatic carbocycles. The molecule has 0 aromatic heterocycles. The van der Waals surface area contributed by atoms with E-state index >= 15 is 0 Å². The molecule has 392 valence electrons. The summed E-state index contributed by atoms with van der Waals surface area (Å²) in [5.74, 6) is 3.67. The first-order valence-electron chi connectivity index (χ1n) is 29.0. The molecule has 2 aromatic rings. The Morgan fingerprint density at radius 3 is 2.44 bits per heavy atom. The highest BCUT2D eigenvalue weighted by atomic mass is 33.1. The van der Waals surface area contributed by atoms with Gasteiger partial charge in [-0.2, -0.15) is 0 Å². The molecular formula is C60H84N4O6S2. The molecule has 10 atom stereocenters. The van der Waals surface area contributed by atoms with Gasteiger partial charge in [0.1, 0.15) is 16.1 Å². The van der Waals surface area contributed by atoms with E-state index in [2.05, 4.69) is 63.3 Å². The number of amides is 1. The van der Waals surface area contributed by atoms with E-state index in [1.807, 2.05) is 4.90 Å². The lowest BCUT2D eigenvalue weighted by Crippen LogP contribution is -2.55. The number of phenols is 1. The summed E-state index contributed by atoms with van der Waals surface area (Å²) in [7, 11) is 4.19.